The second-order valence-corrected chi connectivity index (χ2v) is 3.92. The highest BCUT2D eigenvalue weighted by atomic mass is 32.2. The summed E-state index contributed by atoms with van der Waals surface area (Å²) < 4.78 is 21.1. The summed E-state index contributed by atoms with van der Waals surface area (Å²) in [4.78, 5) is 9.42. The molecule has 8 nitrogen and oxygen atoms in total. The summed E-state index contributed by atoms with van der Waals surface area (Å²) in [6.45, 7) is 0. The highest BCUT2D eigenvalue weighted by molar-refractivity contribution is 7.88. The van der Waals surface area contributed by atoms with E-state index in [-0.39, 0.29) is 11.5 Å². The minimum absolute atomic E-state index is 0.0224. The van der Waals surface area contributed by atoms with Crippen LogP contribution in [0.1, 0.15) is 5.69 Å². The topological polar surface area (TPSA) is 132 Å². The van der Waals surface area contributed by atoms with Crippen LogP contribution in [0.4, 0.5) is 5.82 Å². The Morgan fingerprint density at radius 3 is 2.69 bits per heavy atom. The number of aromatic amines is 1. The summed E-state index contributed by atoms with van der Waals surface area (Å²) in [7, 11) is -3.69. The molecule has 0 saturated carbocycles. The van der Waals surface area contributed by atoms with Crippen LogP contribution in [0.2, 0.25) is 0 Å². The van der Waals surface area contributed by atoms with Gasteiger partial charge in [-0.05, 0) is 4.92 Å². The zero-order valence-corrected chi connectivity index (χ0v) is 7.11. The van der Waals surface area contributed by atoms with Gasteiger partial charge in [-0.1, -0.05) is 5.10 Å². The van der Waals surface area contributed by atoms with Crippen LogP contribution in [0, 0.1) is 10.1 Å². The summed E-state index contributed by atoms with van der Waals surface area (Å²) in [6, 6.07) is 1.02. The molecule has 0 aliphatic heterocycles. The Hall–Kier alpha value is -1.48. The van der Waals surface area contributed by atoms with Gasteiger partial charge in [0.25, 0.3) is 0 Å². The number of rotatable bonds is 3. The Bertz CT molecular complexity index is 421. The maximum absolute atomic E-state index is 10.5. The normalized spacial score (nSPS) is 11.5. The van der Waals surface area contributed by atoms with E-state index in [0.717, 1.165) is 6.07 Å². The molecule has 3 N–H and O–H groups in total. The number of primary sulfonamides is 1. The average Bonchev–Trinajstić information content (AvgIpc) is 2.31. The Labute approximate surface area is 72.9 Å². The Morgan fingerprint density at radius 1 is 1.69 bits per heavy atom. The van der Waals surface area contributed by atoms with Gasteiger partial charge in [-0.2, -0.15) is 0 Å². The van der Waals surface area contributed by atoms with Gasteiger partial charge in [0, 0.05) is 0 Å². The van der Waals surface area contributed by atoms with Crippen molar-refractivity contribution in [3.05, 3.63) is 21.9 Å². The zero-order valence-electron chi connectivity index (χ0n) is 6.30. The van der Waals surface area contributed by atoms with Gasteiger partial charge in [0.1, 0.15) is 11.4 Å². The van der Waals surface area contributed by atoms with Crippen molar-refractivity contribution >= 4 is 15.8 Å². The molecule has 0 aliphatic carbocycles. The van der Waals surface area contributed by atoms with Gasteiger partial charge in [-0.25, -0.2) is 13.6 Å². The van der Waals surface area contributed by atoms with Crippen LogP contribution >= 0.6 is 0 Å². The molecule has 1 aromatic rings. The molecule has 0 saturated heterocycles. The molecule has 0 aliphatic rings. The number of hydrogen-bond acceptors (Lipinski definition) is 5. The van der Waals surface area contributed by atoms with E-state index in [1.165, 1.54) is 0 Å². The fourth-order valence-electron chi connectivity index (χ4n) is 0.725. The molecule has 0 spiro atoms. The van der Waals surface area contributed by atoms with Crippen LogP contribution < -0.4 is 5.14 Å². The largest absolute Gasteiger partial charge is 0.358 e. The lowest BCUT2D eigenvalue weighted by atomic mass is 10.5. The maximum atomic E-state index is 10.5. The van der Waals surface area contributed by atoms with Crippen LogP contribution in [0.25, 0.3) is 0 Å². The monoisotopic (exact) mass is 206 g/mol. The van der Waals surface area contributed by atoms with Crippen LogP contribution in [-0.2, 0) is 15.8 Å². The van der Waals surface area contributed by atoms with Gasteiger partial charge >= 0.3 is 5.82 Å². The third kappa shape index (κ3) is 2.80. The van der Waals surface area contributed by atoms with Crippen LogP contribution in [0.15, 0.2) is 6.07 Å². The Kier molecular flexibility index (Phi) is 2.30. The number of sulfonamides is 1. The first-order valence-corrected chi connectivity index (χ1v) is 4.79. The summed E-state index contributed by atoms with van der Waals surface area (Å²) >= 11 is 0. The molecule has 0 fully saturated rings. The van der Waals surface area contributed by atoms with E-state index in [0.29, 0.717) is 0 Å². The van der Waals surface area contributed by atoms with E-state index in [1.807, 2.05) is 0 Å². The maximum Gasteiger partial charge on any atom is 0.342 e. The molecule has 0 amide bonds. The van der Waals surface area contributed by atoms with Gasteiger partial charge in [0.15, 0.2) is 0 Å². The molecule has 0 aromatic carbocycles. The van der Waals surface area contributed by atoms with Crippen LogP contribution in [0.5, 0.6) is 0 Å². The molecule has 9 heteroatoms. The van der Waals surface area contributed by atoms with Crippen molar-refractivity contribution in [3.63, 3.8) is 0 Å². The SMILES string of the molecule is NS(=O)(=O)Cc1cc([N+](=O)[O-])[nH]n1. The third-order valence-electron chi connectivity index (χ3n) is 1.16. The number of H-pyrrole nitrogens is 1. The number of nitro groups is 1. The molecule has 72 valence electrons. The molecular formula is C4H6N4O4S. The summed E-state index contributed by atoms with van der Waals surface area (Å²) in [5.74, 6) is -0.879. The van der Waals surface area contributed by atoms with Crippen molar-refractivity contribution in [2.45, 2.75) is 5.75 Å². The molecule has 1 aromatic heterocycles. The number of hydrogen-bond donors (Lipinski definition) is 2. The number of aromatic nitrogens is 2. The van der Waals surface area contributed by atoms with Crippen LogP contribution in [0.3, 0.4) is 0 Å². The third-order valence-corrected chi connectivity index (χ3v) is 1.86. The first kappa shape index (κ1) is 9.61. The van der Waals surface area contributed by atoms with Crippen molar-refractivity contribution in [1.29, 1.82) is 0 Å². The fraction of sp³-hybridized carbons (Fsp3) is 0.250. The highest BCUT2D eigenvalue weighted by Gasteiger charge is 2.13. The van der Waals surface area contributed by atoms with Crippen molar-refractivity contribution in [1.82, 2.24) is 10.2 Å². The smallest absolute Gasteiger partial charge is 0.342 e. The predicted molar refractivity (Wildman–Crippen MR) is 42.1 cm³/mol. The number of nitrogens with zero attached hydrogens (tertiary/aromatic N) is 2. The predicted octanol–water partition coefficient (Wildman–Crippen LogP) is -0.894. The van der Waals surface area contributed by atoms with Crippen molar-refractivity contribution in [2.24, 2.45) is 5.14 Å². The molecule has 1 rings (SSSR count). The molecule has 13 heavy (non-hydrogen) atoms. The minimum Gasteiger partial charge on any atom is -0.358 e. The summed E-state index contributed by atoms with van der Waals surface area (Å²) in [5.41, 5.74) is 0.0224. The number of nitrogens with two attached hydrogens (primary N) is 1. The summed E-state index contributed by atoms with van der Waals surface area (Å²) in [6.07, 6.45) is 0. The summed E-state index contributed by atoms with van der Waals surface area (Å²) in [5, 5.41) is 20.3. The van der Waals surface area contributed by atoms with E-state index in [4.69, 9.17) is 5.14 Å². The molecule has 1 heterocycles. The molecule has 0 atom stereocenters. The first-order valence-electron chi connectivity index (χ1n) is 3.07. The second kappa shape index (κ2) is 3.11. The lowest BCUT2D eigenvalue weighted by molar-refractivity contribution is -0.389. The van der Waals surface area contributed by atoms with E-state index < -0.39 is 20.7 Å². The van der Waals surface area contributed by atoms with Crippen LogP contribution in [-0.4, -0.2) is 23.5 Å². The van der Waals surface area contributed by atoms with Crippen molar-refractivity contribution < 1.29 is 13.3 Å². The van der Waals surface area contributed by atoms with E-state index in [2.05, 4.69) is 10.2 Å². The fourth-order valence-corrected chi connectivity index (χ4v) is 1.29. The van der Waals surface area contributed by atoms with Crippen molar-refractivity contribution in [2.75, 3.05) is 0 Å². The average molecular weight is 206 g/mol. The standard InChI is InChI=1S/C4H6N4O4S/c5-13(11,12)2-3-1-4(7-6-3)8(9)10/h1H,2H2,(H,6,7)(H2,5,11,12). The lowest BCUT2D eigenvalue weighted by Gasteiger charge is -1.89. The highest BCUT2D eigenvalue weighted by Crippen LogP contribution is 2.09. The first-order chi connectivity index (χ1) is 5.88. The van der Waals surface area contributed by atoms with E-state index >= 15 is 0 Å². The Morgan fingerprint density at radius 2 is 2.31 bits per heavy atom. The van der Waals surface area contributed by atoms with Crippen molar-refractivity contribution in [3.8, 4) is 0 Å². The van der Waals surface area contributed by atoms with E-state index in [1.54, 1.807) is 0 Å². The van der Waals surface area contributed by atoms with Gasteiger partial charge in [0.05, 0.1) is 6.07 Å². The minimum atomic E-state index is -3.69. The molecule has 0 unspecified atom stereocenters. The Balaban J connectivity index is 2.87. The lowest BCUT2D eigenvalue weighted by Crippen LogP contribution is -2.14. The second-order valence-electron chi connectivity index (χ2n) is 2.31. The molecule has 0 bridgehead atoms. The molecular weight excluding hydrogens is 200 g/mol. The quantitative estimate of drug-likeness (QED) is 0.488. The number of nitrogens with one attached hydrogen (secondary N) is 1. The van der Waals surface area contributed by atoms with Gasteiger partial charge < -0.3 is 10.1 Å². The van der Waals surface area contributed by atoms with Gasteiger partial charge in [0.2, 0.25) is 10.0 Å². The van der Waals surface area contributed by atoms with Gasteiger partial charge in [-0.3, -0.25) is 0 Å². The zero-order chi connectivity index (χ0) is 10.1. The van der Waals surface area contributed by atoms with Gasteiger partial charge in [-0.15, -0.1) is 5.10 Å². The van der Waals surface area contributed by atoms with E-state index in [9.17, 15) is 18.5 Å². The molecule has 0 radical (unpaired) electrons.